The second-order valence-electron chi connectivity index (χ2n) is 7.34. The molecule has 5 N–H and O–H groups in total. The van der Waals surface area contributed by atoms with Gasteiger partial charge in [0.1, 0.15) is 17.7 Å². The number of halogens is 1. The third kappa shape index (κ3) is 4.45. The topological polar surface area (TPSA) is 126 Å². The summed E-state index contributed by atoms with van der Waals surface area (Å²) in [7, 11) is 0. The molecule has 0 aliphatic rings. The maximum absolute atomic E-state index is 13.4. The van der Waals surface area contributed by atoms with Gasteiger partial charge in [-0.3, -0.25) is 4.79 Å². The van der Waals surface area contributed by atoms with Crippen LogP contribution in [0.25, 0.3) is 16.6 Å². The lowest BCUT2D eigenvalue weighted by Crippen LogP contribution is -2.22. The number of carbonyl (C=O) groups is 2. The molecule has 0 saturated carbocycles. The molecule has 0 aliphatic heterocycles. The Labute approximate surface area is 188 Å². The van der Waals surface area contributed by atoms with E-state index in [0.717, 1.165) is 0 Å². The van der Waals surface area contributed by atoms with Gasteiger partial charge in [-0.2, -0.15) is 5.10 Å². The van der Waals surface area contributed by atoms with E-state index in [1.807, 2.05) is 6.92 Å². The first-order chi connectivity index (χ1) is 15.9. The summed E-state index contributed by atoms with van der Waals surface area (Å²) in [4.78, 5) is 29.0. The van der Waals surface area contributed by atoms with Crippen molar-refractivity contribution in [1.29, 1.82) is 0 Å². The predicted molar refractivity (Wildman–Crippen MR) is 125 cm³/mol. The van der Waals surface area contributed by atoms with E-state index in [1.165, 1.54) is 23.0 Å². The van der Waals surface area contributed by atoms with Crippen LogP contribution in [0.1, 0.15) is 22.8 Å². The van der Waals surface area contributed by atoms with Gasteiger partial charge in [0.15, 0.2) is 5.82 Å². The number of aromatic nitrogens is 3. The van der Waals surface area contributed by atoms with Crippen LogP contribution in [0.15, 0.2) is 55.0 Å². The van der Waals surface area contributed by atoms with Crippen LogP contribution >= 0.6 is 0 Å². The molecule has 4 rings (SSSR count). The van der Waals surface area contributed by atoms with E-state index >= 15 is 0 Å². The lowest BCUT2D eigenvalue weighted by molar-refractivity contribution is 0.0956. The largest absolute Gasteiger partial charge is 0.382 e. The quantitative estimate of drug-likeness (QED) is 0.370. The monoisotopic (exact) mass is 447 g/mol. The van der Waals surface area contributed by atoms with E-state index in [0.29, 0.717) is 45.7 Å². The van der Waals surface area contributed by atoms with Gasteiger partial charge in [-0.15, -0.1) is 0 Å². The minimum absolute atomic E-state index is 0.242. The van der Waals surface area contributed by atoms with E-state index in [9.17, 15) is 14.0 Å². The van der Waals surface area contributed by atoms with Crippen molar-refractivity contribution in [3.05, 3.63) is 71.9 Å². The fourth-order valence-corrected chi connectivity index (χ4v) is 3.49. The smallest absolute Gasteiger partial charge is 0.323 e. The second-order valence-corrected chi connectivity index (χ2v) is 7.34. The Morgan fingerprint density at radius 1 is 1.09 bits per heavy atom. The van der Waals surface area contributed by atoms with Gasteiger partial charge in [0.05, 0.1) is 5.56 Å². The molecule has 168 valence electrons. The molecule has 10 heteroatoms. The van der Waals surface area contributed by atoms with Crippen LogP contribution < -0.4 is 21.7 Å². The summed E-state index contributed by atoms with van der Waals surface area (Å²) in [6, 6.07) is 10.8. The van der Waals surface area contributed by atoms with Crippen LogP contribution in [0.5, 0.6) is 0 Å². The number of fused-ring (bicyclic) bond motifs is 1. The molecule has 0 fully saturated rings. The number of carbonyl (C=O) groups excluding carboxylic acids is 2. The van der Waals surface area contributed by atoms with Crippen molar-refractivity contribution in [3.63, 3.8) is 0 Å². The van der Waals surface area contributed by atoms with Crippen LogP contribution in [-0.2, 0) is 0 Å². The molecule has 33 heavy (non-hydrogen) atoms. The number of rotatable bonds is 5. The van der Waals surface area contributed by atoms with Crippen LogP contribution in [0.2, 0.25) is 0 Å². The van der Waals surface area contributed by atoms with Crippen molar-refractivity contribution >= 4 is 34.6 Å². The number of nitrogens with one attached hydrogen (secondary N) is 3. The Morgan fingerprint density at radius 3 is 2.48 bits per heavy atom. The number of anilines is 3. The molecule has 2 heterocycles. The van der Waals surface area contributed by atoms with Gasteiger partial charge in [0.2, 0.25) is 0 Å². The molecule has 4 aromatic rings. The number of hydrogen-bond donors (Lipinski definition) is 4. The summed E-state index contributed by atoms with van der Waals surface area (Å²) in [5, 5.41) is 12.3. The zero-order valence-corrected chi connectivity index (χ0v) is 18.0. The molecular weight excluding hydrogens is 425 g/mol. The van der Waals surface area contributed by atoms with Gasteiger partial charge in [-0.25, -0.2) is 18.7 Å². The molecule has 0 atom stereocenters. The molecule has 2 aromatic carbocycles. The third-order valence-electron chi connectivity index (χ3n) is 5.03. The molecule has 0 spiro atoms. The van der Waals surface area contributed by atoms with Crippen molar-refractivity contribution in [2.75, 3.05) is 22.9 Å². The minimum atomic E-state index is -0.469. The van der Waals surface area contributed by atoms with Crippen molar-refractivity contribution in [2.45, 2.75) is 13.8 Å². The number of hydrogen-bond acceptors (Lipinski definition) is 5. The van der Waals surface area contributed by atoms with Gasteiger partial charge in [0.25, 0.3) is 5.91 Å². The maximum atomic E-state index is 13.4. The Bertz CT molecular complexity index is 1350. The summed E-state index contributed by atoms with van der Waals surface area (Å²) in [5.41, 5.74) is 9.75. The molecule has 2 aromatic heterocycles. The van der Waals surface area contributed by atoms with Gasteiger partial charge < -0.3 is 21.7 Å². The first-order valence-electron chi connectivity index (χ1n) is 10.2. The highest BCUT2D eigenvalue weighted by molar-refractivity contribution is 6.07. The average Bonchev–Trinajstić information content (AvgIpc) is 3.18. The van der Waals surface area contributed by atoms with E-state index < -0.39 is 6.03 Å². The number of urea groups is 1. The Hall–Kier alpha value is -4.47. The van der Waals surface area contributed by atoms with E-state index in [4.69, 9.17) is 5.73 Å². The third-order valence-corrected chi connectivity index (χ3v) is 5.03. The zero-order chi connectivity index (χ0) is 23.5. The van der Waals surface area contributed by atoms with Crippen molar-refractivity contribution < 1.29 is 14.0 Å². The number of amides is 3. The number of nitrogen functional groups attached to an aromatic ring is 1. The first kappa shape index (κ1) is 21.8. The zero-order valence-electron chi connectivity index (χ0n) is 18.0. The fraction of sp³-hybridized carbons (Fsp3) is 0.130. The Kier molecular flexibility index (Phi) is 5.90. The van der Waals surface area contributed by atoms with Crippen LogP contribution in [0.3, 0.4) is 0 Å². The number of nitrogens with two attached hydrogens (primary N) is 1. The summed E-state index contributed by atoms with van der Waals surface area (Å²) in [6.45, 7) is 3.92. The SMILES string of the molecule is CCNC(=O)c1cn2ncnc(N)c2c1-c1ccc(NC(=O)Nc2ccc(F)c(C)c2)cc1. The highest BCUT2D eigenvalue weighted by Gasteiger charge is 2.21. The van der Waals surface area contributed by atoms with Crippen LogP contribution in [0.4, 0.5) is 26.4 Å². The minimum Gasteiger partial charge on any atom is -0.382 e. The Balaban J connectivity index is 1.60. The Morgan fingerprint density at radius 2 is 1.79 bits per heavy atom. The van der Waals surface area contributed by atoms with Gasteiger partial charge in [-0.05, 0) is 55.3 Å². The van der Waals surface area contributed by atoms with Crippen molar-refractivity contribution in [1.82, 2.24) is 19.9 Å². The van der Waals surface area contributed by atoms with E-state index in [-0.39, 0.29) is 17.5 Å². The highest BCUT2D eigenvalue weighted by atomic mass is 19.1. The van der Waals surface area contributed by atoms with Gasteiger partial charge in [-0.1, -0.05) is 12.1 Å². The lowest BCUT2D eigenvalue weighted by atomic mass is 10.0. The first-order valence-corrected chi connectivity index (χ1v) is 10.2. The van der Waals surface area contributed by atoms with Gasteiger partial charge in [0, 0.05) is 29.7 Å². The van der Waals surface area contributed by atoms with Crippen molar-refractivity contribution in [2.24, 2.45) is 0 Å². The molecule has 3 amide bonds. The predicted octanol–water partition coefficient (Wildman–Crippen LogP) is 3.82. The summed E-state index contributed by atoms with van der Waals surface area (Å²) >= 11 is 0. The molecule has 0 saturated heterocycles. The van der Waals surface area contributed by atoms with Crippen molar-refractivity contribution in [3.8, 4) is 11.1 Å². The average molecular weight is 447 g/mol. The number of aryl methyl sites for hydroxylation is 1. The summed E-state index contributed by atoms with van der Waals surface area (Å²) in [6.07, 6.45) is 2.93. The summed E-state index contributed by atoms with van der Waals surface area (Å²) < 4.78 is 14.9. The van der Waals surface area contributed by atoms with Crippen LogP contribution in [-0.4, -0.2) is 33.1 Å². The normalized spacial score (nSPS) is 10.8. The fourth-order valence-electron chi connectivity index (χ4n) is 3.49. The van der Waals surface area contributed by atoms with E-state index in [2.05, 4.69) is 26.0 Å². The number of nitrogens with zero attached hydrogens (tertiary/aromatic N) is 3. The molecule has 0 bridgehead atoms. The van der Waals surface area contributed by atoms with E-state index in [1.54, 1.807) is 43.5 Å². The molecule has 9 nitrogen and oxygen atoms in total. The van der Waals surface area contributed by atoms with Crippen LogP contribution in [0, 0.1) is 12.7 Å². The molecule has 0 aliphatic carbocycles. The standard InChI is InChI=1S/C23H22FN7O2/c1-3-26-22(32)17-11-31-20(21(25)27-12-28-31)19(17)14-4-6-15(7-5-14)29-23(33)30-16-8-9-18(24)13(2)10-16/h4-12H,3H2,1-2H3,(H,26,32)(H2,25,27,28)(H2,29,30,33). The van der Waals surface area contributed by atoms with Gasteiger partial charge >= 0.3 is 6.03 Å². The molecular formula is C23H22FN7O2. The number of benzene rings is 2. The maximum Gasteiger partial charge on any atom is 0.323 e. The highest BCUT2D eigenvalue weighted by Crippen LogP contribution is 2.33. The lowest BCUT2D eigenvalue weighted by Gasteiger charge is -2.10. The molecule has 0 unspecified atom stereocenters. The molecule has 0 radical (unpaired) electrons. The summed E-state index contributed by atoms with van der Waals surface area (Å²) in [5.74, 6) is -0.354. The second kappa shape index (κ2) is 8.95.